The summed E-state index contributed by atoms with van der Waals surface area (Å²) in [5.41, 5.74) is 1.70. The molecule has 1 N–H and O–H groups in total. The van der Waals surface area contributed by atoms with Crippen molar-refractivity contribution in [3.63, 3.8) is 0 Å². The largest absolute Gasteiger partial charge is 0.370 e. The van der Waals surface area contributed by atoms with Crippen LogP contribution in [-0.2, 0) is 4.79 Å². The summed E-state index contributed by atoms with van der Waals surface area (Å²) in [6.45, 7) is 7.30. The zero-order valence-electron chi connectivity index (χ0n) is 17.7. The zero-order valence-corrected chi connectivity index (χ0v) is 19.4. The highest BCUT2D eigenvalue weighted by molar-refractivity contribution is 8.26. The van der Waals surface area contributed by atoms with Crippen LogP contribution in [0.5, 0.6) is 0 Å². The molecule has 30 heavy (non-hydrogen) atoms. The van der Waals surface area contributed by atoms with Gasteiger partial charge in [0.1, 0.15) is 15.8 Å². The van der Waals surface area contributed by atoms with Crippen LogP contribution in [0.3, 0.4) is 0 Å². The highest BCUT2D eigenvalue weighted by Gasteiger charge is 2.32. The van der Waals surface area contributed by atoms with E-state index in [4.69, 9.17) is 12.2 Å². The summed E-state index contributed by atoms with van der Waals surface area (Å²) in [4.78, 5) is 32.8. The van der Waals surface area contributed by atoms with Gasteiger partial charge in [0.25, 0.3) is 11.5 Å². The first-order valence-corrected chi connectivity index (χ1v) is 11.7. The Morgan fingerprint density at radius 2 is 1.93 bits per heavy atom. The normalized spacial score (nSPS) is 15.6. The number of thiocarbonyl (C=S) groups is 1. The molecule has 0 bridgehead atoms. The Morgan fingerprint density at radius 3 is 2.67 bits per heavy atom. The number of unbranched alkanes of at least 4 members (excludes halogenated alkanes) is 4. The van der Waals surface area contributed by atoms with Gasteiger partial charge >= 0.3 is 0 Å². The first-order valence-electron chi connectivity index (χ1n) is 10.5. The maximum atomic E-state index is 13.2. The lowest BCUT2D eigenvalue weighted by Gasteiger charge is -2.14. The minimum Gasteiger partial charge on any atom is -0.370 e. The van der Waals surface area contributed by atoms with E-state index in [0.29, 0.717) is 39.3 Å². The first kappa shape index (κ1) is 22.5. The van der Waals surface area contributed by atoms with E-state index in [1.165, 1.54) is 35.4 Å². The summed E-state index contributed by atoms with van der Waals surface area (Å²) in [7, 11) is 0. The molecule has 1 amide bonds. The van der Waals surface area contributed by atoms with Crippen LogP contribution in [-0.4, -0.2) is 37.6 Å². The first-order chi connectivity index (χ1) is 14.5. The Morgan fingerprint density at radius 1 is 1.17 bits per heavy atom. The molecule has 0 atom stereocenters. The number of hydrogen-bond acceptors (Lipinski definition) is 6. The molecule has 0 saturated carbocycles. The standard InChI is InChI=1S/C22H28N4O2S2/c1-4-6-7-8-9-12-25-21(28)17(30-22(25)29)13-16-19(23-5-2)24-18-11-10-15(3)14-26(18)20(16)27/h10-11,13-14,23H,4-9,12H2,1-3H3/b17-13-. The van der Waals surface area contributed by atoms with Gasteiger partial charge in [-0.3, -0.25) is 18.9 Å². The molecule has 1 fully saturated rings. The van der Waals surface area contributed by atoms with E-state index in [0.717, 1.165) is 18.4 Å². The summed E-state index contributed by atoms with van der Waals surface area (Å²) in [6.07, 6.45) is 8.99. The lowest BCUT2D eigenvalue weighted by Crippen LogP contribution is -2.29. The number of hydrogen-bond donors (Lipinski definition) is 1. The van der Waals surface area contributed by atoms with Crippen molar-refractivity contribution in [2.24, 2.45) is 0 Å². The highest BCUT2D eigenvalue weighted by Crippen LogP contribution is 2.33. The van der Waals surface area contributed by atoms with Gasteiger partial charge in [-0.1, -0.05) is 62.7 Å². The molecule has 3 heterocycles. The number of aryl methyl sites for hydroxylation is 1. The van der Waals surface area contributed by atoms with Crippen LogP contribution < -0.4 is 10.9 Å². The maximum absolute atomic E-state index is 13.2. The average Bonchev–Trinajstić information content (AvgIpc) is 2.98. The van der Waals surface area contributed by atoms with Crippen LogP contribution in [0.4, 0.5) is 5.82 Å². The molecule has 0 radical (unpaired) electrons. The third-order valence-corrected chi connectivity index (χ3v) is 6.36. The summed E-state index contributed by atoms with van der Waals surface area (Å²) >= 11 is 6.69. The summed E-state index contributed by atoms with van der Waals surface area (Å²) < 4.78 is 2.08. The fourth-order valence-electron chi connectivity index (χ4n) is 3.39. The minimum absolute atomic E-state index is 0.128. The smallest absolute Gasteiger partial charge is 0.267 e. The molecule has 160 valence electrons. The van der Waals surface area contributed by atoms with Crippen molar-refractivity contribution in [2.45, 2.75) is 52.9 Å². The molecule has 0 aromatic carbocycles. The van der Waals surface area contributed by atoms with Crippen LogP contribution in [0.15, 0.2) is 28.0 Å². The third-order valence-electron chi connectivity index (χ3n) is 4.98. The number of carbonyl (C=O) groups is 1. The van der Waals surface area contributed by atoms with Crippen molar-refractivity contribution in [3.05, 3.63) is 44.7 Å². The van der Waals surface area contributed by atoms with E-state index < -0.39 is 0 Å². The monoisotopic (exact) mass is 444 g/mol. The van der Waals surface area contributed by atoms with E-state index in [1.54, 1.807) is 17.2 Å². The van der Waals surface area contributed by atoms with Crippen LogP contribution in [0.1, 0.15) is 57.1 Å². The fourth-order valence-corrected chi connectivity index (χ4v) is 4.68. The molecule has 1 aliphatic heterocycles. The molecular weight excluding hydrogens is 416 g/mol. The molecule has 1 aliphatic rings. The number of anilines is 1. The number of carbonyl (C=O) groups excluding carboxylic acids is 1. The molecule has 2 aromatic heterocycles. The number of rotatable bonds is 9. The topological polar surface area (TPSA) is 66.7 Å². The van der Waals surface area contributed by atoms with E-state index in [9.17, 15) is 9.59 Å². The van der Waals surface area contributed by atoms with Crippen molar-refractivity contribution >= 4 is 51.7 Å². The lowest BCUT2D eigenvalue weighted by atomic mass is 10.1. The van der Waals surface area contributed by atoms with Crippen LogP contribution >= 0.6 is 24.0 Å². The van der Waals surface area contributed by atoms with Crippen molar-refractivity contribution in [2.75, 3.05) is 18.4 Å². The van der Waals surface area contributed by atoms with Gasteiger partial charge in [0.05, 0.1) is 10.5 Å². The number of nitrogens with one attached hydrogen (secondary N) is 1. The second-order valence-corrected chi connectivity index (χ2v) is 9.07. The molecule has 1 saturated heterocycles. The van der Waals surface area contributed by atoms with Gasteiger partial charge in [-0.2, -0.15) is 0 Å². The molecule has 8 heteroatoms. The Kier molecular flexibility index (Phi) is 7.66. The molecule has 2 aromatic rings. The summed E-state index contributed by atoms with van der Waals surface area (Å²) in [5, 5.41) is 3.15. The number of aromatic nitrogens is 2. The summed E-state index contributed by atoms with van der Waals surface area (Å²) in [6, 6.07) is 3.74. The summed E-state index contributed by atoms with van der Waals surface area (Å²) in [5.74, 6) is 0.355. The Bertz CT molecular complexity index is 1050. The zero-order chi connectivity index (χ0) is 21.7. The predicted octanol–water partition coefficient (Wildman–Crippen LogP) is 4.61. The van der Waals surface area contributed by atoms with Gasteiger partial charge in [-0.05, 0) is 38.0 Å². The molecular formula is C22H28N4O2S2. The highest BCUT2D eigenvalue weighted by atomic mass is 32.2. The van der Waals surface area contributed by atoms with Crippen molar-refractivity contribution in [1.29, 1.82) is 0 Å². The molecule has 6 nitrogen and oxygen atoms in total. The van der Waals surface area contributed by atoms with E-state index in [-0.39, 0.29) is 11.5 Å². The van der Waals surface area contributed by atoms with Crippen molar-refractivity contribution in [3.8, 4) is 0 Å². The maximum Gasteiger partial charge on any atom is 0.267 e. The Hall–Kier alpha value is -2.19. The second kappa shape index (κ2) is 10.2. The van der Waals surface area contributed by atoms with Gasteiger partial charge in [0, 0.05) is 19.3 Å². The minimum atomic E-state index is -0.204. The molecule has 0 spiro atoms. The Labute approximate surface area is 186 Å². The number of thioether (sulfide) groups is 1. The van der Waals surface area contributed by atoms with Crippen LogP contribution in [0, 0.1) is 6.92 Å². The fraction of sp³-hybridized carbons (Fsp3) is 0.455. The van der Waals surface area contributed by atoms with E-state index >= 15 is 0 Å². The molecule has 0 aliphatic carbocycles. The average molecular weight is 445 g/mol. The van der Waals surface area contributed by atoms with Crippen LogP contribution in [0.2, 0.25) is 0 Å². The molecule has 0 unspecified atom stereocenters. The SMILES string of the molecule is CCCCCCCN1C(=O)/C(=C/c2c(NCC)nc3ccc(C)cn3c2=O)SC1=S. The van der Waals surface area contributed by atoms with Gasteiger partial charge in [0.2, 0.25) is 0 Å². The number of fused-ring (bicyclic) bond motifs is 1. The van der Waals surface area contributed by atoms with Gasteiger partial charge in [-0.15, -0.1) is 0 Å². The van der Waals surface area contributed by atoms with Gasteiger partial charge < -0.3 is 5.32 Å². The quantitative estimate of drug-likeness (QED) is 0.346. The van der Waals surface area contributed by atoms with E-state index in [1.807, 2.05) is 26.0 Å². The van der Waals surface area contributed by atoms with Gasteiger partial charge in [-0.25, -0.2) is 4.98 Å². The second-order valence-electron chi connectivity index (χ2n) is 7.39. The lowest BCUT2D eigenvalue weighted by molar-refractivity contribution is -0.122. The predicted molar refractivity (Wildman–Crippen MR) is 129 cm³/mol. The van der Waals surface area contributed by atoms with Crippen molar-refractivity contribution < 1.29 is 4.79 Å². The van der Waals surface area contributed by atoms with E-state index in [2.05, 4.69) is 17.2 Å². The van der Waals surface area contributed by atoms with Gasteiger partial charge in [0.15, 0.2) is 0 Å². The Balaban J connectivity index is 1.91. The number of pyridine rings is 1. The third kappa shape index (κ3) is 4.92. The van der Waals surface area contributed by atoms with Crippen molar-refractivity contribution in [1.82, 2.24) is 14.3 Å². The molecule has 3 rings (SSSR count). The van der Waals surface area contributed by atoms with Crippen LogP contribution in [0.25, 0.3) is 11.7 Å². The number of nitrogens with zero attached hydrogens (tertiary/aromatic N) is 3. The number of amides is 1.